The van der Waals surface area contributed by atoms with Crippen LogP contribution in [0, 0.1) is 30.2 Å². The number of ether oxygens (including phenoxy) is 2. The van der Waals surface area contributed by atoms with E-state index in [0.29, 0.717) is 23.3 Å². The summed E-state index contributed by atoms with van der Waals surface area (Å²) in [4.78, 5) is 0. The molecule has 0 aliphatic carbocycles. The molecule has 0 radical (unpaired) electrons. The van der Waals surface area contributed by atoms with Crippen LogP contribution in [-0.2, 0) is 6.61 Å². The topological polar surface area (TPSA) is 18.5 Å². The van der Waals surface area contributed by atoms with Gasteiger partial charge >= 0.3 is 0 Å². The van der Waals surface area contributed by atoms with Gasteiger partial charge in [-0.2, -0.15) is 8.78 Å². The molecule has 0 aromatic heterocycles. The molecule has 4 rings (SSSR count). The lowest BCUT2D eigenvalue weighted by Crippen LogP contribution is -2.02. The molecule has 0 saturated carbocycles. The van der Waals surface area contributed by atoms with E-state index in [1.165, 1.54) is 24.3 Å². The largest absolute Gasteiger partial charge is 0.490 e. The van der Waals surface area contributed by atoms with Gasteiger partial charge in [-0.25, -0.2) is 8.78 Å². The Morgan fingerprint density at radius 1 is 0.538 bits per heavy atom. The maximum Gasteiger partial charge on any atom is 0.201 e. The molecule has 0 heterocycles. The average Bonchev–Trinajstić information content (AvgIpc) is 2.95. The molecule has 0 spiro atoms. The Balaban J connectivity index is 1.38. The van der Waals surface area contributed by atoms with E-state index < -0.39 is 23.3 Å². The Hall–Kier alpha value is -3.80. The number of aryl methyl sites for hydroxylation is 1. The van der Waals surface area contributed by atoms with Gasteiger partial charge in [0.2, 0.25) is 11.6 Å². The van der Waals surface area contributed by atoms with E-state index in [1.54, 1.807) is 36.4 Å². The molecular weight excluding hydrogens is 504 g/mol. The summed E-state index contributed by atoms with van der Waals surface area (Å²) in [6, 6.07) is 19.5. The van der Waals surface area contributed by atoms with Crippen LogP contribution in [0.15, 0.2) is 72.8 Å². The van der Waals surface area contributed by atoms with Gasteiger partial charge in [-0.1, -0.05) is 86.7 Å². The molecule has 0 fully saturated rings. The summed E-state index contributed by atoms with van der Waals surface area (Å²) in [5.74, 6) is -4.34. The highest BCUT2D eigenvalue weighted by atomic mass is 19.2. The second-order valence-corrected chi connectivity index (χ2v) is 9.59. The lowest BCUT2D eigenvalue weighted by molar-refractivity contribution is 0.285. The summed E-state index contributed by atoms with van der Waals surface area (Å²) < 4.78 is 69.8. The molecule has 4 aromatic carbocycles. The third kappa shape index (κ3) is 6.99. The number of benzene rings is 4. The summed E-state index contributed by atoms with van der Waals surface area (Å²) in [5, 5.41) is 0. The van der Waals surface area contributed by atoms with Gasteiger partial charge in [-0.3, -0.25) is 0 Å². The molecule has 39 heavy (non-hydrogen) atoms. The Kier molecular flexibility index (Phi) is 9.64. The summed E-state index contributed by atoms with van der Waals surface area (Å²) in [7, 11) is 0. The smallest absolute Gasteiger partial charge is 0.201 e. The zero-order chi connectivity index (χ0) is 27.8. The minimum atomic E-state index is -1.06. The van der Waals surface area contributed by atoms with E-state index in [0.717, 1.165) is 37.7 Å². The molecule has 4 aromatic rings. The lowest BCUT2D eigenvalue weighted by Gasteiger charge is -2.12. The Bertz CT molecular complexity index is 1380. The van der Waals surface area contributed by atoms with Gasteiger partial charge in [0.1, 0.15) is 6.61 Å². The van der Waals surface area contributed by atoms with Crippen molar-refractivity contribution in [1.82, 2.24) is 0 Å². The van der Waals surface area contributed by atoms with Gasteiger partial charge in [-0.15, -0.1) is 0 Å². The van der Waals surface area contributed by atoms with Crippen molar-refractivity contribution in [3.05, 3.63) is 107 Å². The number of unbranched alkanes of at least 4 members (excludes halogenated alkanes) is 4. The average molecular weight is 537 g/mol. The van der Waals surface area contributed by atoms with E-state index in [-0.39, 0.29) is 29.2 Å². The molecule has 204 valence electrons. The zero-order valence-electron chi connectivity index (χ0n) is 22.2. The molecular formula is C33H32F4O2. The van der Waals surface area contributed by atoms with Crippen LogP contribution in [0.5, 0.6) is 11.5 Å². The number of hydrogen-bond donors (Lipinski definition) is 0. The summed E-state index contributed by atoms with van der Waals surface area (Å²) in [6.07, 6.45) is 5.17. The predicted molar refractivity (Wildman–Crippen MR) is 147 cm³/mol. The van der Waals surface area contributed by atoms with Gasteiger partial charge in [0.25, 0.3) is 0 Å². The van der Waals surface area contributed by atoms with Crippen LogP contribution in [0.3, 0.4) is 0 Å². The molecule has 0 bridgehead atoms. The Morgan fingerprint density at radius 2 is 1.05 bits per heavy atom. The fourth-order valence-electron chi connectivity index (χ4n) is 4.29. The van der Waals surface area contributed by atoms with E-state index in [2.05, 4.69) is 6.92 Å². The quantitative estimate of drug-likeness (QED) is 0.133. The minimum absolute atomic E-state index is 0.0254. The number of halogens is 4. The summed E-state index contributed by atoms with van der Waals surface area (Å²) in [5.41, 5.74) is 2.99. The van der Waals surface area contributed by atoms with Crippen LogP contribution in [0.4, 0.5) is 17.6 Å². The third-order valence-electron chi connectivity index (χ3n) is 6.62. The second-order valence-electron chi connectivity index (χ2n) is 9.59. The standard InChI is InChI=1S/C33H32F4O2/c1-3-4-5-6-7-20-38-28-18-16-27(30(34)32(28)36)25-14-10-23(11-15-25)21-39-29-19-17-26(31(35)33(29)37)24-12-8-22(2)9-13-24/h8-19H,3-7,20-21H2,1-2H3. The highest BCUT2D eigenvalue weighted by Gasteiger charge is 2.17. The minimum Gasteiger partial charge on any atom is -0.490 e. The third-order valence-corrected chi connectivity index (χ3v) is 6.62. The van der Waals surface area contributed by atoms with Gasteiger partial charge in [0, 0.05) is 11.1 Å². The van der Waals surface area contributed by atoms with Crippen LogP contribution in [0.2, 0.25) is 0 Å². The fraction of sp³-hybridized carbons (Fsp3) is 0.273. The van der Waals surface area contributed by atoms with E-state index >= 15 is 0 Å². The van der Waals surface area contributed by atoms with Crippen molar-refractivity contribution in [2.24, 2.45) is 0 Å². The lowest BCUT2D eigenvalue weighted by atomic mass is 10.0. The van der Waals surface area contributed by atoms with Crippen molar-refractivity contribution in [3.8, 4) is 33.8 Å². The first-order chi connectivity index (χ1) is 18.9. The Morgan fingerprint density at radius 3 is 1.62 bits per heavy atom. The summed E-state index contributed by atoms with van der Waals surface area (Å²) in [6.45, 7) is 4.37. The van der Waals surface area contributed by atoms with Crippen molar-refractivity contribution in [1.29, 1.82) is 0 Å². The molecule has 0 saturated heterocycles. The van der Waals surface area contributed by atoms with Gasteiger partial charge in [0.05, 0.1) is 6.61 Å². The van der Waals surface area contributed by atoms with Gasteiger partial charge < -0.3 is 9.47 Å². The van der Waals surface area contributed by atoms with Crippen LogP contribution < -0.4 is 9.47 Å². The molecule has 6 heteroatoms. The van der Waals surface area contributed by atoms with Crippen LogP contribution >= 0.6 is 0 Å². The second kappa shape index (κ2) is 13.3. The van der Waals surface area contributed by atoms with Crippen LogP contribution in [0.25, 0.3) is 22.3 Å². The molecule has 0 N–H and O–H groups in total. The normalized spacial score (nSPS) is 11.0. The molecule has 0 atom stereocenters. The molecule has 0 aliphatic heterocycles. The van der Waals surface area contributed by atoms with Crippen molar-refractivity contribution in [2.45, 2.75) is 52.6 Å². The maximum absolute atomic E-state index is 14.8. The highest BCUT2D eigenvalue weighted by molar-refractivity contribution is 5.66. The van der Waals surface area contributed by atoms with Crippen LogP contribution in [-0.4, -0.2) is 6.61 Å². The van der Waals surface area contributed by atoms with E-state index in [4.69, 9.17) is 9.47 Å². The van der Waals surface area contributed by atoms with Crippen LogP contribution in [0.1, 0.15) is 50.2 Å². The zero-order valence-corrected chi connectivity index (χ0v) is 22.2. The first kappa shape index (κ1) is 28.2. The summed E-state index contributed by atoms with van der Waals surface area (Å²) >= 11 is 0. The van der Waals surface area contributed by atoms with Crippen molar-refractivity contribution in [3.63, 3.8) is 0 Å². The SMILES string of the molecule is CCCCCCCOc1ccc(-c2ccc(COc3ccc(-c4ccc(C)cc4)c(F)c3F)cc2)c(F)c1F. The van der Waals surface area contributed by atoms with Gasteiger partial charge in [-0.05, 0) is 54.3 Å². The monoisotopic (exact) mass is 536 g/mol. The number of hydrogen-bond acceptors (Lipinski definition) is 2. The molecule has 0 aliphatic rings. The van der Waals surface area contributed by atoms with E-state index in [9.17, 15) is 17.6 Å². The molecule has 2 nitrogen and oxygen atoms in total. The van der Waals surface area contributed by atoms with E-state index in [1.807, 2.05) is 19.1 Å². The molecule has 0 unspecified atom stereocenters. The number of rotatable bonds is 12. The van der Waals surface area contributed by atoms with Crippen molar-refractivity contribution < 1.29 is 27.0 Å². The first-order valence-electron chi connectivity index (χ1n) is 13.3. The highest BCUT2D eigenvalue weighted by Crippen LogP contribution is 2.32. The van der Waals surface area contributed by atoms with Crippen molar-refractivity contribution >= 4 is 0 Å². The molecule has 0 amide bonds. The van der Waals surface area contributed by atoms with Gasteiger partial charge in [0.15, 0.2) is 23.1 Å². The van der Waals surface area contributed by atoms with Crippen molar-refractivity contribution in [2.75, 3.05) is 6.61 Å². The fourth-order valence-corrected chi connectivity index (χ4v) is 4.29. The maximum atomic E-state index is 14.8. The first-order valence-corrected chi connectivity index (χ1v) is 13.3. The predicted octanol–water partition coefficient (Wildman–Crippen LogP) is 9.81. The Labute approximate surface area is 227 Å².